The fourth-order valence-electron chi connectivity index (χ4n) is 3.24. The number of anilines is 2. The van der Waals surface area contributed by atoms with Gasteiger partial charge in [0.25, 0.3) is 0 Å². The monoisotopic (exact) mass is 406 g/mol. The highest BCUT2D eigenvalue weighted by Crippen LogP contribution is 2.20. The van der Waals surface area contributed by atoms with Crippen LogP contribution in [0.5, 0.6) is 0 Å². The third-order valence-electron chi connectivity index (χ3n) is 4.91. The smallest absolute Gasteiger partial charge is 0.224 e. The second-order valence-electron chi connectivity index (χ2n) is 7.38. The fourth-order valence-corrected chi connectivity index (χ4v) is 3.24. The highest BCUT2D eigenvalue weighted by Gasteiger charge is 2.16. The van der Waals surface area contributed by atoms with E-state index in [0.29, 0.717) is 29.9 Å². The Morgan fingerprint density at radius 3 is 2.60 bits per heavy atom. The molecule has 0 saturated heterocycles. The number of benzene rings is 1. The lowest BCUT2D eigenvalue weighted by molar-refractivity contribution is -0.116. The van der Waals surface area contributed by atoms with Crippen molar-refractivity contribution in [2.24, 2.45) is 0 Å². The van der Waals surface area contributed by atoms with Gasteiger partial charge in [-0.25, -0.2) is 14.6 Å². The third kappa shape index (κ3) is 4.71. The van der Waals surface area contributed by atoms with Crippen molar-refractivity contribution in [1.29, 1.82) is 0 Å². The Kier molecular flexibility index (Phi) is 6.25. The summed E-state index contributed by atoms with van der Waals surface area (Å²) in [6, 6.07) is 8.82. The van der Waals surface area contributed by atoms with Crippen LogP contribution in [0.15, 0.2) is 36.7 Å². The number of aromatic nitrogens is 4. The number of carbonyl (C=O) groups excluding carboxylic acids is 2. The average molecular weight is 406 g/mol. The van der Waals surface area contributed by atoms with E-state index in [-0.39, 0.29) is 11.7 Å². The van der Waals surface area contributed by atoms with Gasteiger partial charge in [0.05, 0.1) is 5.69 Å². The van der Waals surface area contributed by atoms with Crippen LogP contribution >= 0.6 is 0 Å². The standard InChI is InChI=1S/C22H26N6O2/c1-14-19(9-10-22(30)25-18-8-6-7-17(11-18)16(3)29)15(2)28(26-14)21-12-20(27(4)5)23-13-24-21/h6-8,11-13H,9-10H2,1-5H3,(H,25,30). The van der Waals surface area contributed by atoms with E-state index >= 15 is 0 Å². The first kappa shape index (κ1) is 21.2. The van der Waals surface area contributed by atoms with Gasteiger partial charge in [0.2, 0.25) is 5.91 Å². The molecule has 0 unspecified atom stereocenters. The Balaban J connectivity index is 1.72. The van der Waals surface area contributed by atoms with Gasteiger partial charge in [0, 0.05) is 43.5 Å². The van der Waals surface area contributed by atoms with Crippen LogP contribution in [0.4, 0.5) is 11.5 Å². The van der Waals surface area contributed by atoms with E-state index in [2.05, 4.69) is 20.4 Å². The van der Waals surface area contributed by atoms with Crippen LogP contribution in [0.2, 0.25) is 0 Å². The number of Topliss-reactive ketones (excluding diaryl/α,β-unsaturated/α-hetero) is 1. The predicted molar refractivity (Wildman–Crippen MR) is 116 cm³/mol. The Bertz CT molecular complexity index is 1090. The molecule has 8 heteroatoms. The van der Waals surface area contributed by atoms with Crippen LogP contribution in [0, 0.1) is 13.8 Å². The van der Waals surface area contributed by atoms with Gasteiger partial charge in [0.15, 0.2) is 11.6 Å². The molecule has 0 atom stereocenters. The number of hydrogen-bond donors (Lipinski definition) is 1. The van der Waals surface area contributed by atoms with E-state index in [9.17, 15) is 9.59 Å². The molecule has 8 nitrogen and oxygen atoms in total. The molecule has 156 valence electrons. The van der Waals surface area contributed by atoms with Crippen LogP contribution in [0.25, 0.3) is 5.82 Å². The van der Waals surface area contributed by atoms with Gasteiger partial charge in [-0.3, -0.25) is 9.59 Å². The molecule has 30 heavy (non-hydrogen) atoms. The van der Waals surface area contributed by atoms with Crippen molar-refractivity contribution < 1.29 is 9.59 Å². The average Bonchev–Trinajstić information content (AvgIpc) is 3.00. The summed E-state index contributed by atoms with van der Waals surface area (Å²) in [5, 5.41) is 7.47. The van der Waals surface area contributed by atoms with Gasteiger partial charge >= 0.3 is 0 Å². The molecule has 0 bridgehead atoms. The molecule has 0 saturated carbocycles. The van der Waals surface area contributed by atoms with Crippen LogP contribution in [0.3, 0.4) is 0 Å². The van der Waals surface area contributed by atoms with E-state index < -0.39 is 0 Å². The van der Waals surface area contributed by atoms with Crippen LogP contribution < -0.4 is 10.2 Å². The van der Waals surface area contributed by atoms with E-state index in [4.69, 9.17) is 0 Å². The molecule has 0 radical (unpaired) electrons. The van der Waals surface area contributed by atoms with Crippen molar-refractivity contribution in [2.45, 2.75) is 33.6 Å². The minimum atomic E-state index is -0.112. The molecule has 3 aromatic rings. The number of amides is 1. The van der Waals surface area contributed by atoms with E-state index in [0.717, 1.165) is 22.8 Å². The second kappa shape index (κ2) is 8.86. The summed E-state index contributed by atoms with van der Waals surface area (Å²) in [5.41, 5.74) is 4.02. The summed E-state index contributed by atoms with van der Waals surface area (Å²) in [5.74, 6) is 1.33. The highest BCUT2D eigenvalue weighted by molar-refractivity contribution is 5.97. The SMILES string of the molecule is CC(=O)c1cccc(NC(=O)CCc2c(C)nn(-c3cc(N(C)C)ncn3)c2C)c1. The van der Waals surface area contributed by atoms with Gasteiger partial charge in [-0.1, -0.05) is 12.1 Å². The molecule has 0 aliphatic carbocycles. The largest absolute Gasteiger partial charge is 0.363 e. The molecule has 0 aliphatic rings. The molecule has 2 heterocycles. The molecule has 2 aromatic heterocycles. The normalized spacial score (nSPS) is 10.7. The van der Waals surface area contributed by atoms with Gasteiger partial charge in [0.1, 0.15) is 12.1 Å². The van der Waals surface area contributed by atoms with Crippen molar-refractivity contribution >= 4 is 23.2 Å². The lowest BCUT2D eigenvalue weighted by atomic mass is 10.1. The number of rotatable bonds is 7. The Morgan fingerprint density at radius 1 is 1.13 bits per heavy atom. The number of carbonyl (C=O) groups is 2. The van der Waals surface area contributed by atoms with E-state index in [1.807, 2.05) is 38.9 Å². The number of nitrogens with zero attached hydrogens (tertiary/aromatic N) is 5. The first-order chi connectivity index (χ1) is 14.3. The van der Waals surface area contributed by atoms with Crippen LogP contribution in [-0.2, 0) is 11.2 Å². The number of aryl methyl sites for hydroxylation is 1. The van der Waals surface area contributed by atoms with Crippen molar-refractivity contribution in [3.63, 3.8) is 0 Å². The lowest BCUT2D eigenvalue weighted by Crippen LogP contribution is -2.13. The van der Waals surface area contributed by atoms with Gasteiger partial charge in [-0.05, 0) is 44.9 Å². The maximum Gasteiger partial charge on any atom is 0.224 e. The van der Waals surface area contributed by atoms with E-state index in [1.54, 1.807) is 28.9 Å². The molecule has 0 aliphatic heterocycles. The molecule has 1 aromatic carbocycles. The van der Waals surface area contributed by atoms with Crippen molar-refractivity contribution in [2.75, 3.05) is 24.3 Å². The summed E-state index contributed by atoms with van der Waals surface area (Å²) in [4.78, 5) is 34.4. The first-order valence-corrected chi connectivity index (χ1v) is 9.72. The maximum absolute atomic E-state index is 12.4. The quantitative estimate of drug-likeness (QED) is 0.606. The fraction of sp³-hybridized carbons (Fsp3) is 0.318. The molecule has 0 fully saturated rings. The molecule has 1 N–H and O–H groups in total. The maximum atomic E-state index is 12.4. The number of hydrogen-bond acceptors (Lipinski definition) is 6. The van der Waals surface area contributed by atoms with Crippen molar-refractivity contribution in [3.05, 3.63) is 59.2 Å². The Labute approximate surface area is 176 Å². The minimum Gasteiger partial charge on any atom is -0.363 e. The Morgan fingerprint density at radius 2 is 1.90 bits per heavy atom. The van der Waals surface area contributed by atoms with E-state index in [1.165, 1.54) is 13.3 Å². The predicted octanol–water partition coefficient (Wildman–Crippen LogP) is 3.12. The summed E-state index contributed by atoms with van der Waals surface area (Å²) in [7, 11) is 3.84. The third-order valence-corrected chi connectivity index (χ3v) is 4.91. The lowest BCUT2D eigenvalue weighted by Gasteiger charge is -2.12. The molecular weight excluding hydrogens is 380 g/mol. The zero-order valence-electron chi connectivity index (χ0n) is 17.9. The van der Waals surface area contributed by atoms with Gasteiger partial charge < -0.3 is 10.2 Å². The summed E-state index contributed by atoms with van der Waals surface area (Å²) < 4.78 is 1.79. The summed E-state index contributed by atoms with van der Waals surface area (Å²) >= 11 is 0. The van der Waals surface area contributed by atoms with Crippen molar-refractivity contribution in [3.8, 4) is 5.82 Å². The Hall–Kier alpha value is -3.55. The number of nitrogens with one attached hydrogen (secondary N) is 1. The van der Waals surface area contributed by atoms with Gasteiger partial charge in [-0.15, -0.1) is 0 Å². The van der Waals surface area contributed by atoms with Crippen molar-refractivity contribution in [1.82, 2.24) is 19.7 Å². The van der Waals surface area contributed by atoms with Crippen LogP contribution in [0.1, 0.15) is 40.7 Å². The minimum absolute atomic E-state index is 0.0353. The molecular formula is C22H26N6O2. The second-order valence-corrected chi connectivity index (χ2v) is 7.38. The highest BCUT2D eigenvalue weighted by atomic mass is 16.1. The van der Waals surface area contributed by atoms with Gasteiger partial charge in [-0.2, -0.15) is 5.10 Å². The zero-order chi connectivity index (χ0) is 21.8. The molecule has 1 amide bonds. The first-order valence-electron chi connectivity index (χ1n) is 9.72. The molecule has 3 rings (SSSR count). The zero-order valence-corrected chi connectivity index (χ0v) is 17.9. The summed E-state index contributed by atoms with van der Waals surface area (Å²) in [6.45, 7) is 5.41. The topological polar surface area (TPSA) is 93.0 Å². The number of ketones is 1. The summed E-state index contributed by atoms with van der Waals surface area (Å²) in [6.07, 6.45) is 2.38. The van der Waals surface area contributed by atoms with Crippen LogP contribution in [-0.4, -0.2) is 45.5 Å². The molecule has 0 spiro atoms.